The summed E-state index contributed by atoms with van der Waals surface area (Å²) in [6.45, 7) is 4.63. The Hall–Kier alpha value is -3.30. The predicted molar refractivity (Wildman–Crippen MR) is 140 cm³/mol. The Morgan fingerprint density at radius 1 is 0.971 bits per heavy atom. The number of methoxy groups -OCH3 is 1. The lowest BCUT2D eigenvalue weighted by Gasteiger charge is -2.21. The first-order chi connectivity index (χ1) is 16.8. The number of sulfonamides is 1. The van der Waals surface area contributed by atoms with Gasteiger partial charge in [-0.25, -0.2) is 8.42 Å². The zero-order chi connectivity index (χ0) is 25.4. The number of anilines is 1. The summed E-state index contributed by atoms with van der Waals surface area (Å²) in [5.41, 5.74) is 0.812. The van der Waals surface area contributed by atoms with Gasteiger partial charge in [-0.1, -0.05) is 18.2 Å². The molecule has 0 radical (unpaired) electrons. The fourth-order valence-corrected chi connectivity index (χ4v) is 5.27. The van der Waals surface area contributed by atoms with E-state index in [2.05, 4.69) is 15.9 Å². The van der Waals surface area contributed by atoms with Gasteiger partial charge < -0.3 is 14.2 Å². The standard InChI is InChI=1S/C26H26BrNO6S/c1-4-33-21-14-12-20(13-15-21)28(35(30,31)22-9-7-6-8-10-22)25(29)16-11-19-17-23(27)26(34-5-2)24(18-19)32-3/h6-18H,4-5H2,1-3H3/b16-11+. The minimum absolute atomic E-state index is 0.00103. The van der Waals surface area contributed by atoms with E-state index in [-0.39, 0.29) is 10.6 Å². The summed E-state index contributed by atoms with van der Waals surface area (Å²) in [4.78, 5) is 13.3. The van der Waals surface area contributed by atoms with Gasteiger partial charge in [0.05, 0.1) is 35.4 Å². The lowest BCUT2D eigenvalue weighted by atomic mass is 10.2. The molecule has 0 N–H and O–H groups in total. The summed E-state index contributed by atoms with van der Waals surface area (Å²) in [5, 5.41) is 0. The van der Waals surface area contributed by atoms with Gasteiger partial charge in [0.25, 0.3) is 15.9 Å². The zero-order valence-electron chi connectivity index (χ0n) is 19.6. The van der Waals surface area contributed by atoms with Gasteiger partial charge in [0.1, 0.15) is 5.75 Å². The second kappa shape index (κ2) is 11.9. The third-order valence-corrected chi connectivity index (χ3v) is 7.15. The van der Waals surface area contributed by atoms with E-state index in [1.165, 1.54) is 43.5 Å². The average Bonchev–Trinajstić information content (AvgIpc) is 2.86. The molecule has 0 bridgehead atoms. The van der Waals surface area contributed by atoms with Crippen LogP contribution in [0.4, 0.5) is 5.69 Å². The lowest BCUT2D eigenvalue weighted by molar-refractivity contribution is -0.113. The van der Waals surface area contributed by atoms with Crippen molar-refractivity contribution < 1.29 is 27.4 Å². The number of carbonyl (C=O) groups is 1. The van der Waals surface area contributed by atoms with E-state index in [0.29, 0.717) is 40.5 Å². The van der Waals surface area contributed by atoms with Crippen LogP contribution in [0.1, 0.15) is 19.4 Å². The fourth-order valence-electron chi connectivity index (χ4n) is 3.28. The number of nitrogens with zero attached hydrogens (tertiary/aromatic N) is 1. The van der Waals surface area contributed by atoms with E-state index >= 15 is 0 Å². The van der Waals surface area contributed by atoms with E-state index < -0.39 is 15.9 Å². The van der Waals surface area contributed by atoms with Crippen molar-refractivity contribution in [2.24, 2.45) is 0 Å². The van der Waals surface area contributed by atoms with Crippen molar-refractivity contribution in [1.82, 2.24) is 0 Å². The number of carbonyl (C=O) groups excluding carboxylic acids is 1. The van der Waals surface area contributed by atoms with Crippen LogP contribution in [-0.4, -0.2) is 34.6 Å². The number of hydrogen-bond acceptors (Lipinski definition) is 6. The molecule has 184 valence electrons. The summed E-state index contributed by atoms with van der Waals surface area (Å²) in [5.74, 6) is 0.861. The van der Waals surface area contributed by atoms with Crippen molar-refractivity contribution in [2.75, 3.05) is 24.6 Å². The Morgan fingerprint density at radius 2 is 1.63 bits per heavy atom. The topological polar surface area (TPSA) is 82.1 Å². The molecule has 3 aromatic carbocycles. The van der Waals surface area contributed by atoms with Crippen molar-refractivity contribution in [3.63, 3.8) is 0 Å². The van der Waals surface area contributed by atoms with E-state index in [9.17, 15) is 13.2 Å². The van der Waals surface area contributed by atoms with Crippen LogP contribution >= 0.6 is 15.9 Å². The van der Waals surface area contributed by atoms with Crippen LogP contribution in [0.25, 0.3) is 6.08 Å². The van der Waals surface area contributed by atoms with Gasteiger partial charge in [0, 0.05) is 6.08 Å². The van der Waals surface area contributed by atoms with Gasteiger partial charge in [-0.3, -0.25) is 4.79 Å². The molecule has 35 heavy (non-hydrogen) atoms. The summed E-state index contributed by atoms with van der Waals surface area (Å²) < 4.78 is 44.8. The molecule has 0 saturated carbocycles. The van der Waals surface area contributed by atoms with Crippen LogP contribution in [0.2, 0.25) is 0 Å². The molecule has 0 aliphatic rings. The van der Waals surface area contributed by atoms with E-state index in [1.54, 1.807) is 42.5 Å². The van der Waals surface area contributed by atoms with Crippen LogP contribution in [0.5, 0.6) is 17.2 Å². The van der Waals surface area contributed by atoms with Crippen molar-refractivity contribution in [3.05, 3.63) is 82.8 Å². The van der Waals surface area contributed by atoms with Gasteiger partial charge in [0.15, 0.2) is 11.5 Å². The van der Waals surface area contributed by atoms with Gasteiger partial charge in [0.2, 0.25) is 0 Å². The van der Waals surface area contributed by atoms with Crippen LogP contribution in [-0.2, 0) is 14.8 Å². The molecule has 0 spiro atoms. The maximum absolute atomic E-state index is 13.5. The van der Waals surface area contributed by atoms with Gasteiger partial charge in [-0.05, 0) is 89.9 Å². The average molecular weight is 560 g/mol. The third kappa shape index (κ3) is 6.23. The van der Waals surface area contributed by atoms with Crippen molar-refractivity contribution >= 4 is 43.6 Å². The molecule has 0 fully saturated rings. The lowest BCUT2D eigenvalue weighted by Crippen LogP contribution is -2.35. The second-order valence-electron chi connectivity index (χ2n) is 7.15. The number of rotatable bonds is 10. The van der Waals surface area contributed by atoms with Gasteiger partial charge >= 0.3 is 0 Å². The molecule has 9 heteroatoms. The minimum Gasteiger partial charge on any atom is -0.494 e. The highest BCUT2D eigenvalue weighted by atomic mass is 79.9. The molecule has 0 aliphatic carbocycles. The quantitative estimate of drug-likeness (QED) is 0.297. The number of hydrogen-bond donors (Lipinski definition) is 0. The molecule has 7 nitrogen and oxygen atoms in total. The van der Waals surface area contributed by atoms with Crippen molar-refractivity contribution in [2.45, 2.75) is 18.7 Å². The SMILES string of the molecule is CCOc1ccc(N(C(=O)/C=C/c2cc(Br)c(OCC)c(OC)c2)S(=O)(=O)c2ccccc2)cc1. The van der Waals surface area contributed by atoms with Crippen LogP contribution < -0.4 is 18.5 Å². The van der Waals surface area contributed by atoms with Gasteiger partial charge in [-0.15, -0.1) is 0 Å². The number of ether oxygens (including phenoxy) is 3. The molecule has 0 atom stereocenters. The van der Waals surface area contributed by atoms with E-state index in [0.717, 1.165) is 4.31 Å². The molecule has 0 aromatic heterocycles. The number of halogens is 1. The predicted octanol–water partition coefficient (Wildman–Crippen LogP) is 5.69. The Kier molecular flexibility index (Phi) is 8.95. The number of amides is 1. The maximum Gasteiger partial charge on any atom is 0.271 e. The molecular formula is C26H26BrNO6S. The molecule has 3 rings (SSSR count). The highest BCUT2D eigenvalue weighted by Crippen LogP contribution is 2.37. The molecule has 0 aliphatic heterocycles. The zero-order valence-corrected chi connectivity index (χ0v) is 22.0. The summed E-state index contributed by atoms with van der Waals surface area (Å²) >= 11 is 3.45. The highest BCUT2D eigenvalue weighted by molar-refractivity contribution is 9.10. The number of benzene rings is 3. The molecular weight excluding hydrogens is 534 g/mol. The Labute approximate surface area is 214 Å². The van der Waals surface area contributed by atoms with Crippen LogP contribution in [0.15, 0.2) is 82.2 Å². The Balaban J connectivity index is 2.01. The minimum atomic E-state index is -4.18. The van der Waals surface area contributed by atoms with Crippen molar-refractivity contribution in [1.29, 1.82) is 0 Å². The van der Waals surface area contributed by atoms with Crippen LogP contribution in [0, 0.1) is 0 Å². The van der Waals surface area contributed by atoms with E-state index in [4.69, 9.17) is 14.2 Å². The largest absolute Gasteiger partial charge is 0.494 e. The van der Waals surface area contributed by atoms with Crippen molar-refractivity contribution in [3.8, 4) is 17.2 Å². The van der Waals surface area contributed by atoms with E-state index in [1.807, 2.05) is 13.8 Å². The van der Waals surface area contributed by atoms with Gasteiger partial charge in [-0.2, -0.15) is 4.31 Å². The smallest absolute Gasteiger partial charge is 0.271 e. The first kappa shape index (κ1) is 26.3. The summed E-state index contributed by atoms with van der Waals surface area (Å²) in [7, 11) is -2.66. The maximum atomic E-state index is 13.5. The highest BCUT2D eigenvalue weighted by Gasteiger charge is 2.29. The monoisotopic (exact) mass is 559 g/mol. The first-order valence-electron chi connectivity index (χ1n) is 10.9. The Morgan fingerprint density at radius 3 is 2.23 bits per heavy atom. The molecule has 3 aromatic rings. The fraction of sp³-hybridized carbons (Fsp3) is 0.192. The molecule has 1 amide bonds. The van der Waals surface area contributed by atoms with Crippen LogP contribution in [0.3, 0.4) is 0 Å². The second-order valence-corrected chi connectivity index (χ2v) is 9.79. The first-order valence-corrected chi connectivity index (χ1v) is 13.1. The molecule has 0 saturated heterocycles. The summed E-state index contributed by atoms with van der Waals surface area (Å²) in [6, 6.07) is 17.6. The molecule has 0 heterocycles. The third-order valence-electron chi connectivity index (χ3n) is 4.82. The Bertz CT molecular complexity index is 1290. The molecule has 0 unspecified atom stereocenters. The normalized spacial score (nSPS) is 11.3. The summed E-state index contributed by atoms with van der Waals surface area (Å²) in [6.07, 6.45) is 2.73.